The van der Waals surface area contributed by atoms with Crippen molar-refractivity contribution in [1.29, 1.82) is 0 Å². The number of aryl methyl sites for hydroxylation is 1. The van der Waals surface area contributed by atoms with Crippen molar-refractivity contribution >= 4 is 23.4 Å². The van der Waals surface area contributed by atoms with Crippen LogP contribution in [0.3, 0.4) is 0 Å². The van der Waals surface area contributed by atoms with Crippen LogP contribution in [0.2, 0.25) is 5.02 Å². The van der Waals surface area contributed by atoms with Crippen molar-refractivity contribution in [1.82, 2.24) is 15.6 Å². The summed E-state index contributed by atoms with van der Waals surface area (Å²) in [5.41, 5.74) is 0.318. The maximum atomic E-state index is 12.4. The summed E-state index contributed by atoms with van der Waals surface area (Å²) in [6.07, 6.45) is 2.91. The van der Waals surface area contributed by atoms with Crippen molar-refractivity contribution in [2.75, 3.05) is 6.61 Å². The molecule has 3 aliphatic carbocycles. The van der Waals surface area contributed by atoms with E-state index in [2.05, 4.69) is 20.4 Å². The predicted octanol–water partition coefficient (Wildman–Crippen LogP) is 3.24. The summed E-state index contributed by atoms with van der Waals surface area (Å²) in [7, 11) is 0. The molecule has 2 aromatic rings. The lowest BCUT2D eigenvalue weighted by molar-refractivity contribution is -0.141. The lowest BCUT2D eigenvalue weighted by atomic mass is 9.44. The standard InChI is InChI=1S/C21H20ClF2N3O4/c1-12-2-3-13(6-15(12)22)30-8-17(28)26-20-9-21(10-20,11-20)27-18(29)16-5-4-14(7-25-16)31-19(23)24/h2-7,19H,8-11H2,1H3,(H,26,28)(H,27,29). The average Bonchev–Trinajstić information content (AvgIpc) is 2.66. The minimum Gasteiger partial charge on any atom is -0.484 e. The van der Waals surface area contributed by atoms with Gasteiger partial charge in [0.25, 0.3) is 11.8 Å². The highest BCUT2D eigenvalue weighted by atomic mass is 35.5. The van der Waals surface area contributed by atoms with Crippen molar-refractivity contribution in [3.05, 3.63) is 52.8 Å². The van der Waals surface area contributed by atoms with Gasteiger partial charge in [-0.3, -0.25) is 9.59 Å². The van der Waals surface area contributed by atoms with Gasteiger partial charge in [-0.1, -0.05) is 17.7 Å². The third-order valence-corrected chi connectivity index (χ3v) is 5.93. The first-order valence-electron chi connectivity index (χ1n) is 9.61. The normalized spacial score (nSPS) is 23.4. The van der Waals surface area contributed by atoms with E-state index in [-0.39, 0.29) is 35.0 Å². The number of hydrogen-bond acceptors (Lipinski definition) is 5. The summed E-state index contributed by atoms with van der Waals surface area (Å²) in [4.78, 5) is 28.4. The number of ether oxygens (including phenoxy) is 2. The predicted molar refractivity (Wildman–Crippen MR) is 107 cm³/mol. The summed E-state index contributed by atoms with van der Waals surface area (Å²) >= 11 is 6.05. The van der Waals surface area contributed by atoms with Crippen LogP contribution in [-0.2, 0) is 4.79 Å². The summed E-state index contributed by atoms with van der Waals surface area (Å²) < 4.78 is 34.1. The number of hydrogen-bond donors (Lipinski definition) is 2. The largest absolute Gasteiger partial charge is 0.484 e. The van der Waals surface area contributed by atoms with E-state index < -0.39 is 12.5 Å². The lowest BCUT2D eigenvalue weighted by Crippen LogP contribution is -2.84. The van der Waals surface area contributed by atoms with Crippen LogP contribution in [0.5, 0.6) is 11.5 Å². The number of benzene rings is 1. The van der Waals surface area contributed by atoms with E-state index in [1.165, 1.54) is 12.1 Å². The minimum absolute atomic E-state index is 0.106. The van der Waals surface area contributed by atoms with Gasteiger partial charge in [0.2, 0.25) is 0 Å². The summed E-state index contributed by atoms with van der Waals surface area (Å²) in [5, 5.41) is 6.45. The molecular weight excluding hydrogens is 432 g/mol. The van der Waals surface area contributed by atoms with E-state index in [1.807, 2.05) is 13.0 Å². The van der Waals surface area contributed by atoms with Crippen molar-refractivity contribution in [3.63, 3.8) is 0 Å². The maximum Gasteiger partial charge on any atom is 0.387 e. The molecule has 3 aliphatic rings. The molecule has 164 valence electrons. The van der Waals surface area contributed by atoms with Crippen LogP contribution in [0.4, 0.5) is 8.78 Å². The Morgan fingerprint density at radius 2 is 1.81 bits per heavy atom. The lowest BCUT2D eigenvalue weighted by Gasteiger charge is -2.70. The van der Waals surface area contributed by atoms with E-state index in [0.29, 0.717) is 30.0 Å². The molecule has 0 atom stereocenters. The molecule has 0 radical (unpaired) electrons. The minimum atomic E-state index is -2.95. The number of amides is 2. The fourth-order valence-corrected chi connectivity index (χ4v) is 4.36. The fourth-order valence-electron chi connectivity index (χ4n) is 4.19. The smallest absolute Gasteiger partial charge is 0.387 e. The Bertz CT molecular complexity index is 996. The summed E-state index contributed by atoms with van der Waals surface area (Å²) in [5.74, 6) is -0.242. The topological polar surface area (TPSA) is 89.6 Å². The molecule has 0 aliphatic heterocycles. The number of rotatable bonds is 8. The van der Waals surface area contributed by atoms with Gasteiger partial charge in [0.1, 0.15) is 17.2 Å². The molecule has 1 aromatic heterocycles. The Kier molecular flexibility index (Phi) is 5.47. The number of carbonyl (C=O) groups excluding carboxylic acids is 2. The molecule has 0 saturated heterocycles. The molecule has 1 aromatic carbocycles. The number of aromatic nitrogens is 1. The van der Waals surface area contributed by atoms with Gasteiger partial charge in [0, 0.05) is 16.1 Å². The quantitative estimate of drug-likeness (QED) is 0.643. The summed E-state index contributed by atoms with van der Waals surface area (Å²) in [6, 6.07) is 7.82. The second-order valence-corrected chi connectivity index (χ2v) is 8.46. The van der Waals surface area contributed by atoms with Crippen LogP contribution in [0.1, 0.15) is 35.3 Å². The highest BCUT2D eigenvalue weighted by Gasteiger charge is 2.69. The third kappa shape index (κ3) is 4.56. The van der Waals surface area contributed by atoms with E-state index >= 15 is 0 Å². The number of nitrogens with one attached hydrogen (secondary N) is 2. The third-order valence-electron chi connectivity index (χ3n) is 5.52. The molecule has 0 spiro atoms. The second kappa shape index (κ2) is 7.96. The van der Waals surface area contributed by atoms with E-state index in [1.54, 1.807) is 12.1 Å². The molecule has 5 rings (SSSR count). The Hall–Kier alpha value is -2.94. The van der Waals surface area contributed by atoms with Crippen LogP contribution >= 0.6 is 11.6 Å². The van der Waals surface area contributed by atoms with Crippen LogP contribution in [0.15, 0.2) is 36.5 Å². The first-order valence-corrected chi connectivity index (χ1v) is 9.99. The monoisotopic (exact) mass is 451 g/mol. The van der Waals surface area contributed by atoms with Crippen LogP contribution in [-0.4, -0.2) is 41.1 Å². The number of alkyl halides is 2. The van der Waals surface area contributed by atoms with Gasteiger partial charge in [-0.15, -0.1) is 0 Å². The highest BCUT2D eigenvalue weighted by molar-refractivity contribution is 6.31. The van der Waals surface area contributed by atoms with E-state index in [4.69, 9.17) is 16.3 Å². The molecule has 3 fully saturated rings. The van der Waals surface area contributed by atoms with Crippen molar-refractivity contribution in [2.45, 2.75) is 43.9 Å². The number of halogens is 3. The molecule has 1 heterocycles. The Labute approximate surface area is 182 Å². The number of carbonyl (C=O) groups is 2. The zero-order valence-electron chi connectivity index (χ0n) is 16.6. The Balaban J connectivity index is 1.22. The van der Waals surface area contributed by atoms with Gasteiger partial charge in [0.05, 0.1) is 6.20 Å². The second-order valence-electron chi connectivity index (χ2n) is 8.05. The molecule has 7 nitrogen and oxygen atoms in total. The van der Waals surface area contributed by atoms with E-state index in [9.17, 15) is 18.4 Å². The van der Waals surface area contributed by atoms with Gasteiger partial charge >= 0.3 is 6.61 Å². The van der Waals surface area contributed by atoms with Crippen LogP contribution in [0, 0.1) is 6.92 Å². The van der Waals surface area contributed by atoms with Gasteiger partial charge in [-0.05, 0) is 56.0 Å². The molecule has 2 N–H and O–H groups in total. The van der Waals surface area contributed by atoms with Crippen molar-refractivity contribution in [2.24, 2.45) is 0 Å². The zero-order valence-corrected chi connectivity index (χ0v) is 17.3. The maximum absolute atomic E-state index is 12.4. The Morgan fingerprint density at radius 1 is 1.13 bits per heavy atom. The zero-order chi connectivity index (χ0) is 22.2. The molecule has 10 heteroatoms. The number of pyridine rings is 1. The molecule has 3 saturated carbocycles. The van der Waals surface area contributed by atoms with Gasteiger partial charge < -0.3 is 20.1 Å². The molecule has 31 heavy (non-hydrogen) atoms. The van der Waals surface area contributed by atoms with Crippen LogP contribution in [0.25, 0.3) is 0 Å². The van der Waals surface area contributed by atoms with Crippen molar-refractivity contribution in [3.8, 4) is 11.5 Å². The molecular formula is C21H20ClF2N3O4. The molecule has 0 unspecified atom stereocenters. The van der Waals surface area contributed by atoms with Crippen LogP contribution < -0.4 is 20.1 Å². The Morgan fingerprint density at radius 3 is 2.42 bits per heavy atom. The SMILES string of the molecule is Cc1ccc(OCC(=O)NC23CC(NC(=O)c4ccc(OC(F)F)cn4)(C2)C3)cc1Cl. The fraction of sp³-hybridized carbons (Fsp3) is 0.381. The highest BCUT2D eigenvalue weighted by Crippen LogP contribution is 2.60. The first-order chi connectivity index (χ1) is 14.7. The van der Waals surface area contributed by atoms with Gasteiger partial charge in [-0.25, -0.2) is 4.98 Å². The first kappa shape index (κ1) is 21.3. The number of nitrogens with zero attached hydrogens (tertiary/aromatic N) is 1. The average molecular weight is 452 g/mol. The molecule has 2 amide bonds. The van der Waals surface area contributed by atoms with Gasteiger partial charge in [-0.2, -0.15) is 8.78 Å². The molecule has 2 bridgehead atoms. The summed E-state index contributed by atoms with van der Waals surface area (Å²) in [6.45, 7) is -1.20. The van der Waals surface area contributed by atoms with Crippen molar-refractivity contribution < 1.29 is 27.8 Å². The van der Waals surface area contributed by atoms with E-state index in [0.717, 1.165) is 11.8 Å². The van der Waals surface area contributed by atoms with Gasteiger partial charge in [0.15, 0.2) is 6.61 Å².